The van der Waals surface area contributed by atoms with Crippen molar-refractivity contribution < 1.29 is 0 Å². The summed E-state index contributed by atoms with van der Waals surface area (Å²) in [5.74, 6) is 0.639. The molecule has 1 heterocycles. The SMILES string of the molecule is CC(C)Cn1ccc(CN)n1.Cl. The predicted octanol–water partition coefficient (Wildman–Crippen LogP) is 1.42. The molecule has 0 spiro atoms. The molecule has 3 nitrogen and oxygen atoms in total. The van der Waals surface area contributed by atoms with E-state index in [1.807, 2.05) is 16.9 Å². The topological polar surface area (TPSA) is 43.8 Å². The Balaban J connectivity index is 0.00000121. The zero-order valence-electron chi connectivity index (χ0n) is 7.53. The third-order valence-corrected chi connectivity index (χ3v) is 1.46. The highest BCUT2D eigenvalue weighted by Crippen LogP contribution is 1.99. The Hall–Kier alpha value is -0.540. The van der Waals surface area contributed by atoms with Gasteiger partial charge in [-0.15, -0.1) is 12.4 Å². The van der Waals surface area contributed by atoms with Crippen LogP contribution >= 0.6 is 12.4 Å². The van der Waals surface area contributed by atoms with E-state index in [4.69, 9.17) is 5.73 Å². The zero-order valence-corrected chi connectivity index (χ0v) is 8.34. The van der Waals surface area contributed by atoms with Crippen molar-refractivity contribution in [3.8, 4) is 0 Å². The van der Waals surface area contributed by atoms with Gasteiger partial charge in [0.2, 0.25) is 0 Å². The first-order valence-corrected chi connectivity index (χ1v) is 3.94. The molecule has 0 aromatic carbocycles. The normalized spacial score (nSPS) is 10.0. The molecule has 4 heteroatoms. The monoisotopic (exact) mass is 189 g/mol. The molecular weight excluding hydrogens is 174 g/mol. The molecule has 1 aromatic rings. The summed E-state index contributed by atoms with van der Waals surface area (Å²) in [5, 5.41) is 4.26. The molecule has 70 valence electrons. The number of halogens is 1. The second-order valence-electron chi connectivity index (χ2n) is 3.13. The third-order valence-electron chi connectivity index (χ3n) is 1.46. The highest BCUT2D eigenvalue weighted by Gasteiger charge is 1.98. The fraction of sp³-hybridized carbons (Fsp3) is 0.625. The zero-order chi connectivity index (χ0) is 8.27. The molecule has 0 aliphatic heterocycles. The summed E-state index contributed by atoms with van der Waals surface area (Å²) >= 11 is 0. The second-order valence-corrected chi connectivity index (χ2v) is 3.13. The summed E-state index contributed by atoms with van der Waals surface area (Å²) < 4.78 is 1.94. The Labute approximate surface area is 79.4 Å². The first kappa shape index (κ1) is 11.5. The largest absolute Gasteiger partial charge is 0.325 e. The number of hydrogen-bond acceptors (Lipinski definition) is 2. The van der Waals surface area contributed by atoms with Gasteiger partial charge in [0.25, 0.3) is 0 Å². The van der Waals surface area contributed by atoms with E-state index >= 15 is 0 Å². The Morgan fingerprint density at radius 2 is 2.25 bits per heavy atom. The van der Waals surface area contributed by atoms with Crippen LogP contribution < -0.4 is 5.73 Å². The van der Waals surface area contributed by atoms with Gasteiger partial charge in [-0.3, -0.25) is 4.68 Å². The van der Waals surface area contributed by atoms with Crippen LogP contribution in [-0.2, 0) is 13.1 Å². The van der Waals surface area contributed by atoms with Crippen molar-refractivity contribution in [2.75, 3.05) is 0 Å². The van der Waals surface area contributed by atoms with Gasteiger partial charge in [0, 0.05) is 19.3 Å². The van der Waals surface area contributed by atoms with Crippen molar-refractivity contribution in [3.63, 3.8) is 0 Å². The molecule has 0 radical (unpaired) electrons. The van der Waals surface area contributed by atoms with E-state index in [9.17, 15) is 0 Å². The van der Waals surface area contributed by atoms with Crippen molar-refractivity contribution in [2.24, 2.45) is 11.7 Å². The lowest BCUT2D eigenvalue weighted by Gasteiger charge is -2.03. The highest BCUT2D eigenvalue weighted by atomic mass is 35.5. The van der Waals surface area contributed by atoms with Gasteiger partial charge in [0.1, 0.15) is 0 Å². The van der Waals surface area contributed by atoms with Gasteiger partial charge >= 0.3 is 0 Å². The quantitative estimate of drug-likeness (QED) is 0.782. The van der Waals surface area contributed by atoms with Crippen LogP contribution in [0.3, 0.4) is 0 Å². The Morgan fingerprint density at radius 3 is 2.67 bits per heavy atom. The molecule has 0 unspecified atom stereocenters. The van der Waals surface area contributed by atoms with E-state index in [-0.39, 0.29) is 12.4 Å². The number of hydrogen-bond donors (Lipinski definition) is 1. The maximum atomic E-state index is 5.42. The lowest BCUT2D eigenvalue weighted by Crippen LogP contribution is -2.06. The summed E-state index contributed by atoms with van der Waals surface area (Å²) in [5.41, 5.74) is 6.38. The van der Waals surface area contributed by atoms with Crippen molar-refractivity contribution in [3.05, 3.63) is 18.0 Å². The average Bonchev–Trinajstić information content (AvgIpc) is 2.34. The minimum Gasteiger partial charge on any atom is -0.325 e. The second kappa shape index (κ2) is 5.17. The predicted molar refractivity (Wildman–Crippen MR) is 52.2 cm³/mol. The van der Waals surface area contributed by atoms with Gasteiger partial charge in [0.05, 0.1) is 5.69 Å². The molecule has 0 saturated carbocycles. The molecule has 1 aromatic heterocycles. The highest BCUT2D eigenvalue weighted by molar-refractivity contribution is 5.85. The third kappa shape index (κ3) is 3.24. The van der Waals surface area contributed by atoms with E-state index in [2.05, 4.69) is 18.9 Å². The van der Waals surface area contributed by atoms with Crippen LogP contribution in [0.1, 0.15) is 19.5 Å². The maximum absolute atomic E-state index is 5.42. The number of rotatable bonds is 3. The van der Waals surface area contributed by atoms with E-state index in [1.54, 1.807) is 0 Å². The fourth-order valence-corrected chi connectivity index (χ4v) is 0.988. The van der Waals surface area contributed by atoms with Crippen LogP contribution in [0.5, 0.6) is 0 Å². The van der Waals surface area contributed by atoms with Crippen molar-refractivity contribution >= 4 is 12.4 Å². The summed E-state index contributed by atoms with van der Waals surface area (Å²) in [7, 11) is 0. The number of aromatic nitrogens is 2. The maximum Gasteiger partial charge on any atom is 0.0760 e. The summed E-state index contributed by atoms with van der Waals surface area (Å²) in [4.78, 5) is 0. The van der Waals surface area contributed by atoms with Crippen LogP contribution in [-0.4, -0.2) is 9.78 Å². The molecule has 0 amide bonds. The molecule has 0 aliphatic carbocycles. The van der Waals surface area contributed by atoms with Crippen LogP contribution in [0, 0.1) is 5.92 Å². The minimum atomic E-state index is 0. The average molecular weight is 190 g/mol. The molecule has 0 aliphatic rings. The Bertz CT molecular complexity index is 220. The number of nitrogens with zero attached hydrogens (tertiary/aromatic N) is 2. The summed E-state index contributed by atoms with van der Waals surface area (Å²) in [6.45, 7) is 5.85. The molecule has 2 N–H and O–H groups in total. The van der Waals surface area contributed by atoms with Crippen molar-refractivity contribution in [2.45, 2.75) is 26.9 Å². The first-order valence-electron chi connectivity index (χ1n) is 3.94. The van der Waals surface area contributed by atoms with Gasteiger partial charge in [-0.2, -0.15) is 5.10 Å². The van der Waals surface area contributed by atoms with Gasteiger partial charge in [0.15, 0.2) is 0 Å². The molecule has 12 heavy (non-hydrogen) atoms. The summed E-state index contributed by atoms with van der Waals surface area (Å²) in [6.07, 6.45) is 1.97. The van der Waals surface area contributed by atoms with E-state index < -0.39 is 0 Å². The lowest BCUT2D eigenvalue weighted by molar-refractivity contribution is 0.480. The van der Waals surface area contributed by atoms with E-state index in [1.165, 1.54) is 0 Å². The lowest BCUT2D eigenvalue weighted by atomic mass is 10.2. The number of nitrogens with two attached hydrogens (primary N) is 1. The fourth-order valence-electron chi connectivity index (χ4n) is 0.988. The van der Waals surface area contributed by atoms with Crippen LogP contribution in [0.15, 0.2) is 12.3 Å². The van der Waals surface area contributed by atoms with Crippen molar-refractivity contribution in [1.82, 2.24) is 9.78 Å². The van der Waals surface area contributed by atoms with Crippen molar-refractivity contribution in [1.29, 1.82) is 0 Å². The molecular formula is C8H16ClN3. The van der Waals surface area contributed by atoms with E-state index in [0.717, 1.165) is 12.2 Å². The Morgan fingerprint density at radius 1 is 1.58 bits per heavy atom. The van der Waals surface area contributed by atoms with Gasteiger partial charge in [-0.05, 0) is 12.0 Å². The molecule has 0 bridgehead atoms. The smallest absolute Gasteiger partial charge is 0.0760 e. The minimum absolute atomic E-state index is 0. The molecule has 1 rings (SSSR count). The van der Waals surface area contributed by atoms with E-state index in [0.29, 0.717) is 12.5 Å². The Kier molecular flexibility index (Phi) is 4.93. The van der Waals surface area contributed by atoms with Crippen LogP contribution in [0.2, 0.25) is 0 Å². The molecule has 0 atom stereocenters. The van der Waals surface area contributed by atoms with Gasteiger partial charge < -0.3 is 5.73 Å². The van der Waals surface area contributed by atoms with Crippen LogP contribution in [0.4, 0.5) is 0 Å². The van der Waals surface area contributed by atoms with Crippen LogP contribution in [0.25, 0.3) is 0 Å². The van der Waals surface area contributed by atoms with Gasteiger partial charge in [-0.25, -0.2) is 0 Å². The summed E-state index contributed by atoms with van der Waals surface area (Å²) in [6, 6.07) is 1.96. The standard InChI is InChI=1S/C8H15N3.ClH/c1-7(2)6-11-4-3-8(5-9)10-11;/h3-4,7H,5-6,9H2,1-2H3;1H. The van der Waals surface area contributed by atoms with Gasteiger partial charge in [-0.1, -0.05) is 13.8 Å². The molecule has 0 fully saturated rings. The molecule has 0 saturated heterocycles. The first-order chi connectivity index (χ1) is 5.22.